The topological polar surface area (TPSA) is 21.3 Å². The van der Waals surface area contributed by atoms with Gasteiger partial charge in [0, 0.05) is 21.6 Å². The van der Waals surface area contributed by atoms with Crippen LogP contribution < -0.4 is 10.1 Å². The monoisotopic (exact) mass is 325 g/mol. The third-order valence-corrected chi connectivity index (χ3v) is 3.18. The summed E-state index contributed by atoms with van der Waals surface area (Å²) in [6, 6.07) is 13.3. The molecule has 0 heterocycles. The molecule has 2 rings (SSSR count). The molecule has 18 heavy (non-hydrogen) atoms. The van der Waals surface area contributed by atoms with Crippen molar-refractivity contribution in [3.05, 3.63) is 57.5 Å². The summed E-state index contributed by atoms with van der Waals surface area (Å²) < 4.78 is 6.86. The van der Waals surface area contributed by atoms with E-state index in [2.05, 4.69) is 21.2 Å². The smallest absolute Gasteiger partial charge is 0.133 e. The number of rotatable bonds is 4. The number of ether oxygens (including phenoxy) is 1. The van der Waals surface area contributed by atoms with E-state index in [4.69, 9.17) is 16.3 Å². The highest BCUT2D eigenvalue weighted by Gasteiger charge is 2.05. The summed E-state index contributed by atoms with van der Waals surface area (Å²) in [6.45, 7) is 0.760. The highest BCUT2D eigenvalue weighted by atomic mass is 79.9. The molecule has 2 nitrogen and oxygen atoms in total. The summed E-state index contributed by atoms with van der Waals surface area (Å²) in [4.78, 5) is 0. The molecule has 0 bridgehead atoms. The van der Waals surface area contributed by atoms with Crippen molar-refractivity contribution in [3.63, 3.8) is 0 Å². The maximum absolute atomic E-state index is 5.87. The first-order valence-corrected chi connectivity index (χ1v) is 6.72. The molecule has 0 spiro atoms. The summed E-state index contributed by atoms with van der Waals surface area (Å²) in [6.07, 6.45) is 0. The van der Waals surface area contributed by atoms with Crippen molar-refractivity contribution < 1.29 is 4.74 Å². The van der Waals surface area contributed by atoms with E-state index in [1.54, 1.807) is 0 Å². The van der Waals surface area contributed by atoms with Crippen LogP contribution in [-0.2, 0) is 6.54 Å². The van der Waals surface area contributed by atoms with Crippen molar-refractivity contribution in [2.45, 2.75) is 6.54 Å². The van der Waals surface area contributed by atoms with Crippen molar-refractivity contribution >= 4 is 27.5 Å². The van der Waals surface area contributed by atoms with Crippen LogP contribution in [0.15, 0.2) is 46.9 Å². The minimum absolute atomic E-state index is 0.701. The quantitative estimate of drug-likeness (QED) is 0.885. The molecule has 1 N–H and O–H groups in total. The Morgan fingerprint density at radius 3 is 2.56 bits per heavy atom. The third-order valence-electron chi connectivity index (χ3n) is 2.44. The normalized spacial score (nSPS) is 10.4. The molecule has 0 unspecified atom stereocenters. The van der Waals surface area contributed by atoms with Gasteiger partial charge in [0.25, 0.3) is 0 Å². The molecular formula is C14H13BrClNO. The van der Waals surface area contributed by atoms with Gasteiger partial charge in [0.05, 0.1) is 0 Å². The van der Waals surface area contributed by atoms with Crippen LogP contribution in [0, 0.1) is 0 Å². The molecule has 0 aliphatic heterocycles. The summed E-state index contributed by atoms with van der Waals surface area (Å²) in [7, 11) is 1.91. The first kappa shape index (κ1) is 13.4. The van der Waals surface area contributed by atoms with Crippen LogP contribution in [0.25, 0.3) is 0 Å². The summed E-state index contributed by atoms with van der Waals surface area (Å²) >= 11 is 9.30. The highest BCUT2D eigenvalue weighted by molar-refractivity contribution is 9.10. The van der Waals surface area contributed by atoms with Crippen molar-refractivity contribution in [3.8, 4) is 11.5 Å². The SMILES string of the molecule is CNCc1ccc(Br)cc1Oc1ccc(Cl)cc1. The fourth-order valence-electron chi connectivity index (χ4n) is 1.59. The van der Waals surface area contributed by atoms with Gasteiger partial charge in [-0.05, 0) is 43.4 Å². The van der Waals surface area contributed by atoms with Gasteiger partial charge in [-0.2, -0.15) is 0 Å². The zero-order valence-electron chi connectivity index (χ0n) is 9.91. The van der Waals surface area contributed by atoms with Crippen LogP contribution in [0.1, 0.15) is 5.56 Å². The van der Waals surface area contributed by atoms with Crippen LogP contribution in [0.3, 0.4) is 0 Å². The van der Waals surface area contributed by atoms with Gasteiger partial charge in [0.15, 0.2) is 0 Å². The van der Waals surface area contributed by atoms with Gasteiger partial charge >= 0.3 is 0 Å². The van der Waals surface area contributed by atoms with Crippen molar-refractivity contribution in [2.24, 2.45) is 0 Å². The Balaban J connectivity index is 2.26. The summed E-state index contributed by atoms with van der Waals surface area (Å²) in [5.74, 6) is 1.61. The molecule has 0 aliphatic rings. The zero-order valence-corrected chi connectivity index (χ0v) is 12.3. The summed E-state index contributed by atoms with van der Waals surface area (Å²) in [5, 5.41) is 3.82. The largest absolute Gasteiger partial charge is 0.457 e. The standard InChI is InChI=1S/C14H13BrClNO/c1-17-9-10-2-3-11(15)8-14(10)18-13-6-4-12(16)5-7-13/h2-8,17H,9H2,1H3. The van der Waals surface area contributed by atoms with E-state index < -0.39 is 0 Å². The lowest BCUT2D eigenvalue weighted by atomic mass is 10.2. The first-order chi connectivity index (χ1) is 8.69. The maximum atomic E-state index is 5.87. The lowest BCUT2D eigenvalue weighted by molar-refractivity contribution is 0.474. The van der Waals surface area contributed by atoms with Gasteiger partial charge in [-0.25, -0.2) is 0 Å². The van der Waals surface area contributed by atoms with E-state index in [9.17, 15) is 0 Å². The molecule has 2 aromatic rings. The van der Waals surface area contributed by atoms with Gasteiger partial charge < -0.3 is 10.1 Å². The first-order valence-electron chi connectivity index (χ1n) is 5.55. The Morgan fingerprint density at radius 2 is 1.89 bits per heavy atom. The van der Waals surface area contributed by atoms with Crippen LogP contribution in [0.5, 0.6) is 11.5 Å². The fourth-order valence-corrected chi connectivity index (χ4v) is 2.06. The second kappa shape index (κ2) is 6.23. The molecule has 0 fully saturated rings. The Labute approximate surface area is 120 Å². The Bertz CT molecular complexity index is 528. The molecule has 0 atom stereocenters. The van der Waals surface area contributed by atoms with E-state index in [-0.39, 0.29) is 0 Å². The van der Waals surface area contributed by atoms with Crippen LogP contribution >= 0.6 is 27.5 Å². The lowest BCUT2D eigenvalue weighted by Crippen LogP contribution is -2.06. The molecule has 0 saturated carbocycles. The number of nitrogens with one attached hydrogen (secondary N) is 1. The van der Waals surface area contributed by atoms with E-state index >= 15 is 0 Å². The highest BCUT2D eigenvalue weighted by Crippen LogP contribution is 2.29. The number of hydrogen-bond donors (Lipinski definition) is 1. The van der Waals surface area contributed by atoms with Crippen LogP contribution in [-0.4, -0.2) is 7.05 Å². The molecule has 2 aromatic carbocycles. The van der Waals surface area contributed by atoms with E-state index in [1.165, 1.54) is 0 Å². The third kappa shape index (κ3) is 3.48. The van der Waals surface area contributed by atoms with Gasteiger partial charge in [-0.3, -0.25) is 0 Å². The molecule has 94 valence electrons. The van der Waals surface area contributed by atoms with Gasteiger partial charge in [-0.1, -0.05) is 33.6 Å². The van der Waals surface area contributed by atoms with Gasteiger partial charge in [0.1, 0.15) is 11.5 Å². The Kier molecular flexibility index (Phi) is 4.64. The molecule has 4 heteroatoms. The number of halogens is 2. The van der Waals surface area contributed by atoms with Crippen molar-refractivity contribution in [1.29, 1.82) is 0 Å². The molecule has 0 aromatic heterocycles. The zero-order chi connectivity index (χ0) is 13.0. The Morgan fingerprint density at radius 1 is 1.17 bits per heavy atom. The molecule has 0 radical (unpaired) electrons. The predicted molar refractivity (Wildman–Crippen MR) is 78.4 cm³/mol. The second-order valence-electron chi connectivity index (χ2n) is 3.84. The van der Waals surface area contributed by atoms with E-state index in [1.807, 2.05) is 49.5 Å². The number of benzene rings is 2. The summed E-state index contributed by atoms with van der Waals surface area (Å²) in [5.41, 5.74) is 1.11. The van der Waals surface area contributed by atoms with E-state index in [0.717, 1.165) is 28.1 Å². The second-order valence-corrected chi connectivity index (χ2v) is 5.19. The van der Waals surface area contributed by atoms with Crippen molar-refractivity contribution in [1.82, 2.24) is 5.32 Å². The molecule has 0 saturated heterocycles. The lowest BCUT2D eigenvalue weighted by Gasteiger charge is -2.11. The maximum Gasteiger partial charge on any atom is 0.133 e. The molecular weight excluding hydrogens is 314 g/mol. The molecule has 0 amide bonds. The minimum Gasteiger partial charge on any atom is -0.457 e. The average molecular weight is 327 g/mol. The fraction of sp³-hybridized carbons (Fsp3) is 0.143. The van der Waals surface area contributed by atoms with Gasteiger partial charge in [-0.15, -0.1) is 0 Å². The Hall–Kier alpha value is -1.03. The minimum atomic E-state index is 0.701. The van der Waals surface area contributed by atoms with Crippen molar-refractivity contribution in [2.75, 3.05) is 7.05 Å². The van der Waals surface area contributed by atoms with E-state index in [0.29, 0.717) is 5.02 Å². The van der Waals surface area contributed by atoms with Crippen LogP contribution in [0.2, 0.25) is 5.02 Å². The van der Waals surface area contributed by atoms with Crippen LogP contribution in [0.4, 0.5) is 0 Å². The number of hydrogen-bond acceptors (Lipinski definition) is 2. The molecule has 0 aliphatic carbocycles. The predicted octanol–water partition coefficient (Wildman–Crippen LogP) is 4.61. The van der Waals surface area contributed by atoms with Gasteiger partial charge in [0.2, 0.25) is 0 Å². The average Bonchev–Trinajstić information content (AvgIpc) is 2.36.